The van der Waals surface area contributed by atoms with Gasteiger partial charge in [-0.15, -0.1) is 0 Å². The Hall–Kier alpha value is -0.610. The van der Waals surface area contributed by atoms with Crippen molar-refractivity contribution in [2.45, 2.75) is 18.9 Å². The lowest BCUT2D eigenvalue weighted by Crippen LogP contribution is -2.55. The van der Waals surface area contributed by atoms with Crippen LogP contribution in [0.25, 0.3) is 0 Å². The second kappa shape index (κ2) is 4.31. The Balaban J connectivity index is 1.83. The van der Waals surface area contributed by atoms with Gasteiger partial charge in [-0.1, -0.05) is 0 Å². The number of nitrogens with one attached hydrogen (secondary N) is 2. The van der Waals surface area contributed by atoms with E-state index in [1.54, 1.807) is 0 Å². The van der Waals surface area contributed by atoms with Crippen LogP contribution < -0.4 is 10.6 Å². The third kappa shape index (κ3) is 3.34. The molecule has 64 valence electrons. The summed E-state index contributed by atoms with van der Waals surface area (Å²) >= 11 is 0. The highest BCUT2D eigenvalue weighted by atomic mass is 16.4. The van der Waals surface area contributed by atoms with Crippen LogP contribution in [0.1, 0.15) is 12.8 Å². The third-order valence-electron chi connectivity index (χ3n) is 1.78. The molecule has 0 aromatic rings. The van der Waals surface area contributed by atoms with Crippen molar-refractivity contribution in [3.63, 3.8) is 0 Å². The normalized spacial score (nSPS) is 17.8. The van der Waals surface area contributed by atoms with Gasteiger partial charge in [-0.25, -0.2) is 0 Å². The molecular weight excluding hydrogens is 144 g/mol. The van der Waals surface area contributed by atoms with Crippen molar-refractivity contribution in [1.82, 2.24) is 10.6 Å². The SMILES string of the molecule is O=C(O)CCCNC1CNC1. The summed E-state index contributed by atoms with van der Waals surface area (Å²) in [5.41, 5.74) is 0. The topological polar surface area (TPSA) is 61.4 Å². The summed E-state index contributed by atoms with van der Waals surface area (Å²) in [4.78, 5) is 10.1. The third-order valence-corrected chi connectivity index (χ3v) is 1.78. The minimum Gasteiger partial charge on any atom is -0.481 e. The summed E-state index contributed by atoms with van der Waals surface area (Å²) in [5.74, 6) is -0.710. The van der Waals surface area contributed by atoms with E-state index in [-0.39, 0.29) is 6.42 Å². The number of hydrogen-bond donors (Lipinski definition) is 3. The first-order chi connectivity index (χ1) is 5.29. The molecule has 1 aliphatic rings. The van der Waals surface area contributed by atoms with Crippen molar-refractivity contribution in [2.24, 2.45) is 0 Å². The van der Waals surface area contributed by atoms with Crippen LogP contribution in [-0.2, 0) is 4.79 Å². The summed E-state index contributed by atoms with van der Waals surface area (Å²) in [7, 11) is 0. The number of rotatable bonds is 5. The van der Waals surface area contributed by atoms with E-state index in [4.69, 9.17) is 5.11 Å². The van der Waals surface area contributed by atoms with Crippen molar-refractivity contribution < 1.29 is 9.90 Å². The smallest absolute Gasteiger partial charge is 0.303 e. The molecular formula is C7H14N2O2. The van der Waals surface area contributed by atoms with Crippen LogP contribution in [0, 0.1) is 0 Å². The van der Waals surface area contributed by atoms with Gasteiger partial charge in [0.05, 0.1) is 0 Å². The van der Waals surface area contributed by atoms with Crippen molar-refractivity contribution in [2.75, 3.05) is 19.6 Å². The lowest BCUT2D eigenvalue weighted by atomic mass is 10.2. The van der Waals surface area contributed by atoms with Gasteiger partial charge in [-0.3, -0.25) is 4.79 Å². The first-order valence-electron chi connectivity index (χ1n) is 3.95. The minimum atomic E-state index is -0.710. The van der Waals surface area contributed by atoms with Crippen LogP contribution in [0.5, 0.6) is 0 Å². The first-order valence-corrected chi connectivity index (χ1v) is 3.95. The Morgan fingerprint density at radius 1 is 1.64 bits per heavy atom. The summed E-state index contributed by atoms with van der Waals surface area (Å²) in [5, 5.41) is 14.7. The molecule has 1 saturated heterocycles. The largest absolute Gasteiger partial charge is 0.481 e. The summed E-state index contributed by atoms with van der Waals surface area (Å²) in [6, 6.07) is 0.573. The number of carboxylic acid groups (broad SMARTS) is 1. The molecule has 11 heavy (non-hydrogen) atoms. The maximum absolute atomic E-state index is 10.1. The van der Waals surface area contributed by atoms with E-state index in [2.05, 4.69) is 10.6 Å². The zero-order valence-corrected chi connectivity index (χ0v) is 6.47. The molecule has 0 spiro atoms. The van der Waals surface area contributed by atoms with E-state index in [9.17, 15) is 4.79 Å². The molecule has 0 saturated carbocycles. The summed E-state index contributed by atoms with van der Waals surface area (Å²) < 4.78 is 0. The fraction of sp³-hybridized carbons (Fsp3) is 0.857. The van der Waals surface area contributed by atoms with Crippen molar-refractivity contribution in [1.29, 1.82) is 0 Å². The molecule has 0 amide bonds. The molecule has 0 aromatic carbocycles. The van der Waals surface area contributed by atoms with E-state index in [0.717, 1.165) is 26.1 Å². The van der Waals surface area contributed by atoms with E-state index < -0.39 is 5.97 Å². The highest BCUT2D eigenvalue weighted by molar-refractivity contribution is 5.66. The van der Waals surface area contributed by atoms with Gasteiger partial charge < -0.3 is 15.7 Å². The summed E-state index contributed by atoms with van der Waals surface area (Å²) in [6.45, 7) is 2.86. The molecule has 3 N–H and O–H groups in total. The van der Waals surface area contributed by atoms with Crippen LogP contribution in [0.2, 0.25) is 0 Å². The Labute approximate surface area is 66.0 Å². The average molecular weight is 158 g/mol. The van der Waals surface area contributed by atoms with Gasteiger partial charge in [-0.2, -0.15) is 0 Å². The van der Waals surface area contributed by atoms with E-state index in [0.29, 0.717) is 6.04 Å². The maximum atomic E-state index is 10.1. The first kappa shape index (κ1) is 8.49. The maximum Gasteiger partial charge on any atom is 0.303 e. The Morgan fingerprint density at radius 2 is 2.36 bits per heavy atom. The molecule has 1 rings (SSSR count). The quantitative estimate of drug-likeness (QED) is 0.468. The second-order valence-corrected chi connectivity index (χ2v) is 2.81. The van der Waals surface area contributed by atoms with Gasteiger partial charge in [0, 0.05) is 25.6 Å². The number of carboxylic acids is 1. The van der Waals surface area contributed by atoms with Crippen LogP contribution >= 0.6 is 0 Å². The van der Waals surface area contributed by atoms with Crippen molar-refractivity contribution in [3.8, 4) is 0 Å². The average Bonchev–Trinajstić information content (AvgIpc) is 1.82. The Morgan fingerprint density at radius 3 is 2.82 bits per heavy atom. The lowest BCUT2D eigenvalue weighted by Gasteiger charge is -2.27. The molecule has 0 bridgehead atoms. The predicted octanol–water partition coefficient (Wildman–Crippen LogP) is -0.587. The van der Waals surface area contributed by atoms with Crippen molar-refractivity contribution in [3.05, 3.63) is 0 Å². The van der Waals surface area contributed by atoms with Gasteiger partial charge >= 0.3 is 5.97 Å². The molecule has 0 aliphatic carbocycles. The van der Waals surface area contributed by atoms with Gasteiger partial charge in [-0.05, 0) is 13.0 Å². The van der Waals surface area contributed by atoms with Crippen LogP contribution in [0.3, 0.4) is 0 Å². The lowest BCUT2D eigenvalue weighted by molar-refractivity contribution is -0.137. The van der Waals surface area contributed by atoms with Crippen molar-refractivity contribution >= 4 is 5.97 Å². The van der Waals surface area contributed by atoms with Gasteiger partial charge in [0.2, 0.25) is 0 Å². The van der Waals surface area contributed by atoms with E-state index in [1.165, 1.54) is 0 Å². The van der Waals surface area contributed by atoms with Crippen LogP contribution in [-0.4, -0.2) is 36.8 Å². The highest BCUT2D eigenvalue weighted by Gasteiger charge is 2.14. The Kier molecular flexibility index (Phi) is 3.32. The predicted molar refractivity (Wildman–Crippen MR) is 41.5 cm³/mol. The molecule has 1 fully saturated rings. The zero-order valence-electron chi connectivity index (χ0n) is 6.47. The number of aliphatic carboxylic acids is 1. The summed E-state index contributed by atoms with van der Waals surface area (Å²) in [6.07, 6.45) is 0.999. The fourth-order valence-electron chi connectivity index (χ4n) is 0.979. The van der Waals surface area contributed by atoms with Gasteiger partial charge in [0.25, 0.3) is 0 Å². The number of carbonyl (C=O) groups is 1. The standard InChI is InChI=1S/C7H14N2O2/c10-7(11)2-1-3-9-6-4-8-5-6/h6,8-9H,1-5H2,(H,10,11). The zero-order chi connectivity index (χ0) is 8.10. The molecule has 0 atom stereocenters. The molecule has 0 unspecified atom stereocenters. The molecule has 1 aliphatic heterocycles. The van der Waals surface area contributed by atoms with E-state index in [1.807, 2.05) is 0 Å². The van der Waals surface area contributed by atoms with Crippen LogP contribution in [0.4, 0.5) is 0 Å². The van der Waals surface area contributed by atoms with Gasteiger partial charge in [0.1, 0.15) is 0 Å². The minimum absolute atomic E-state index is 0.271. The molecule has 4 heteroatoms. The molecule has 0 radical (unpaired) electrons. The molecule has 4 nitrogen and oxygen atoms in total. The van der Waals surface area contributed by atoms with Gasteiger partial charge in [0.15, 0.2) is 0 Å². The second-order valence-electron chi connectivity index (χ2n) is 2.81. The van der Waals surface area contributed by atoms with Crippen LogP contribution in [0.15, 0.2) is 0 Å². The molecule has 1 heterocycles. The fourth-order valence-corrected chi connectivity index (χ4v) is 0.979. The Bertz CT molecular complexity index is 134. The monoisotopic (exact) mass is 158 g/mol. The molecule has 0 aromatic heterocycles. The van der Waals surface area contributed by atoms with E-state index >= 15 is 0 Å². The number of hydrogen-bond acceptors (Lipinski definition) is 3. The highest BCUT2D eigenvalue weighted by Crippen LogP contribution is 1.92.